The first-order valence-corrected chi connectivity index (χ1v) is 7.34. The molecule has 2 rings (SSSR count). The second-order valence-corrected chi connectivity index (χ2v) is 6.18. The van der Waals surface area contributed by atoms with E-state index in [0.717, 1.165) is 38.4 Å². The van der Waals surface area contributed by atoms with Crippen LogP contribution in [0.3, 0.4) is 0 Å². The highest BCUT2D eigenvalue weighted by molar-refractivity contribution is 4.87. The Morgan fingerprint density at radius 3 is 2.65 bits per heavy atom. The Labute approximate surface area is 105 Å². The predicted molar refractivity (Wildman–Crippen MR) is 71.1 cm³/mol. The van der Waals surface area contributed by atoms with Gasteiger partial charge in [-0.2, -0.15) is 0 Å². The van der Waals surface area contributed by atoms with E-state index < -0.39 is 5.60 Å². The molecular weight excluding hydrogens is 212 g/mol. The van der Waals surface area contributed by atoms with Crippen molar-refractivity contribution < 1.29 is 5.11 Å². The number of aliphatic hydroxyl groups is 1. The fraction of sp³-hybridized carbons (Fsp3) is 1.00. The van der Waals surface area contributed by atoms with Crippen LogP contribution >= 0.6 is 0 Å². The van der Waals surface area contributed by atoms with Gasteiger partial charge in [0.15, 0.2) is 0 Å². The summed E-state index contributed by atoms with van der Waals surface area (Å²) in [4.78, 5) is 0. The number of piperidine rings is 1. The van der Waals surface area contributed by atoms with Crippen molar-refractivity contribution in [2.45, 2.75) is 63.5 Å². The van der Waals surface area contributed by atoms with Crippen LogP contribution in [0, 0.1) is 5.92 Å². The van der Waals surface area contributed by atoms with Crippen LogP contribution in [0.4, 0.5) is 0 Å². The molecule has 1 aliphatic carbocycles. The van der Waals surface area contributed by atoms with E-state index in [-0.39, 0.29) is 0 Å². The Kier molecular flexibility index (Phi) is 4.83. The fourth-order valence-corrected chi connectivity index (χ4v) is 3.05. The van der Waals surface area contributed by atoms with Crippen LogP contribution in [0.5, 0.6) is 0 Å². The van der Waals surface area contributed by atoms with Crippen LogP contribution in [-0.4, -0.2) is 36.4 Å². The zero-order chi connectivity index (χ0) is 12.1. The number of hydrogen-bond acceptors (Lipinski definition) is 3. The summed E-state index contributed by atoms with van der Waals surface area (Å²) in [6, 6.07) is 0.620. The van der Waals surface area contributed by atoms with Gasteiger partial charge < -0.3 is 15.7 Å². The Balaban J connectivity index is 1.63. The molecule has 1 heterocycles. The molecule has 17 heavy (non-hydrogen) atoms. The van der Waals surface area contributed by atoms with Gasteiger partial charge in [0.2, 0.25) is 0 Å². The molecule has 3 N–H and O–H groups in total. The molecule has 0 aromatic rings. The lowest BCUT2D eigenvalue weighted by Crippen LogP contribution is -2.48. The first-order valence-electron chi connectivity index (χ1n) is 7.34. The monoisotopic (exact) mass is 240 g/mol. The van der Waals surface area contributed by atoms with Crippen LogP contribution in [0.1, 0.15) is 51.9 Å². The van der Waals surface area contributed by atoms with Gasteiger partial charge in [-0.25, -0.2) is 0 Å². The molecule has 0 aromatic heterocycles. The summed E-state index contributed by atoms with van der Waals surface area (Å²) >= 11 is 0. The first kappa shape index (κ1) is 13.3. The van der Waals surface area contributed by atoms with Gasteiger partial charge in [0, 0.05) is 19.1 Å². The van der Waals surface area contributed by atoms with Crippen molar-refractivity contribution in [3.8, 4) is 0 Å². The highest BCUT2D eigenvalue weighted by Gasteiger charge is 2.31. The molecule has 3 nitrogen and oxygen atoms in total. The minimum atomic E-state index is -0.429. The lowest BCUT2D eigenvalue weighted by molar-refractivity contribution is -0.00641. The third-order valence-electron chi connectivity index (χ3n) is 4.46. The van der Waals surface area contributed by atoms with E-state index in [1.807, 2.05) is 0 Å². The number of rotatable bonds is 4. The predicted octanol–water partition coefficient (Wildman–Crippen LogP) is 1.66. The Morgan fingerprint density at radius 2 is 2.00 bits per heavy atom. The summed E-state index contributed by atoms with van der Waals surface area (Å²) < 4.78 is 0. The van der Waals surface area contributed by atoms with Gasteiger partial charge in [-0.1, -0.05) is 13.3 Å². The van der Waals surface area contributed by atoms with E-state index in [1.54, 1.807) is 0 Å². The number of nitrogens with one attached hydrogen (secondary N) is 2. The Morgan fingerprint density at radius 1 is 1.24 bits per heavy atom. The topological polar surface area (TPSA) is 44.3 Å². The summed E-state index contributed by atoms with van der Waals surface area (Å²) in [5, 5.41) is 17.4. The van der Waals surface area contributed by atoms with Crippen molar-refractivity contribution in [1.29, 1.82) is 0 Å². The molecular formula is C14H28N2O. The highest BCUT2D eigenvalue weighted by atomic mass is 16.3. The zero-order valence-electron chi connectivity index (χ0n) is 11.2. The van der Waals surface area contributed by atoms with E-state index in [2.05, 4.69) is 17.6 Å². The molecule has 3 heteroatoms. The molecule has 2 fully saturated rings. The summed E-state index contributed by atoms with van der Waals surface area (Å²) in [5.41, 5.74) is -0.429. The van der Waals surface area contributed by atoms with Gasteiger partial charge in [0.25, 0.3) is 0 Å². The van der Waals surface area contributed by atoms with Crippen LogP contribution in [0.15, 0.2) is 0 Å². The van der Waals surface area contributed by atoms with E-state index in [0.29, 0.717) is 6.04 Å². The minimum Gasteiger partial charge on any atom is -0.389 e. The second-order valence-electron chi connectivity index (χ2n) is 6.18. The molecule has 1 atom stereocenters. The van der Waals surface area contributed by atoms with Crippen molar-refractivity contribution in [3.63, 3.8) is 0 Å². The van der Waals surface area contributed by atoms with Gasteiger partial charge >= 0.3 is 0 Å². The van der Waals surface area contributed by atoms with Crippen molar-refractivity contribution >= 4 is 0 Å². The molecule has 0 amide bonds. The Hall–Kier alpha value is -0.120. The summed E-state index contributed by atoms with van der Waals surface area (Å²) in [6.07, 6.45) is 8.25. The fourth-order valence-electron chi connectivity index (χ4n) is 3.05. The van der Waals surface area contributed by atoms with E-state index >= 15 is 0 Å². The average molecular weight is 240 g/mol. The first-order chi connectivity index (χ1) is 8.18. The molecule has 1 unspecified atom stereocenters. The summed E-state index contributed by atoms with van der Waals surface area (Å²) in [5.74, 6) is 0.801. The van der Waals surface area contributed by atoms with E-state index in [9.17, 15) is 5.11 Å². The summed E-state index contributed by atoms with van der Waals surface area (Å²) in [7, 11) is 0. The third-order valence-corrected chi connectivity index (χ3v) is 4.46. The molecule has 1 saturated heterocycles. The molecule has 2 aliphatic rings. The van der Waals surface area contributed by atoms with Gasteiger partial charge in [-0.15, -0.1) is 0 Å². The minimum absolute atomic E-state index is 0.429. The van der Waals surface area contributed by atoms with Crippen molar-refractivity contribution in [2.75, 3.05) is 19.6 Å². The largest absolute Gasteiger partial charge is 0.389 e. The van der Waals surface area contributed by atoms with E-state index in [4.69, 9.17) is 0 Å². The molecule has 0 bridgehead atoms. The molecule has 0 radical (unpaired) electrons. The quantitative estimate of drug-likeness (QED) is 0.700. The lowest BCUT2D eigenvalue weighted by atomic mass is 9.79. The van der Waals surface area contributed by atoms with Crippen molar-refractivity contribution in [2.24, 2.45) is 5.92 Å². The maximum atomic E-state index is 10.4. The van der Waals surface area contributed by atoms with Crippen molar-refractivity contribution in [3.05, 3.63) is 0 Å². The third kappa shape index (κ3) is 4.23. The molecule has 0 spiro atoms. The smallest absolute Gasteiger partial charge is 0.0771 e. The van der Waals surface area contributed by atoms with Gasteiger partial charge in [-0.3, -0.25) is 0 Å². The maximum Gasteiger partial charge on any atom is 0.0771 e. The van der Waals surface area contributed by atoms with Gasteiger partial charge in [0.05, 0.1) is 5.60 Å². The Bertz CT molecular complexity index is 218. The highest BCUT2D eigenvalue weighted by Crippen LogP contribution is 2.31. The molecule has 1 saturated carbocycles. The van der Waals surface area contributed by atoms with Crippen LogP contribution in [-0.2, 0) is 0 Å². The molecule has 100 valence electrons. The normalized spacial score (nSPS) is 39.2. The van der Waals surface area contributed by atoms with E-state index in [1.165, 1.54) is 32.1 Å². The second kappa shape index (κ2) is 6.17. The average Bonchev–Trinajstić information content (AvgIpc) is 2.35. The molecule has 0 aromatic carbocycles. The van der Waals surface area contributed by atoms with Gasteiger partial charge in [-0.05, 0) is 51.0 Å². The summed E-state index contributed by atoms with van der Waals surface area (Å²) in [6.45, 7) is 5.24. The zero-order valence-corrected chi connectivity index (χ0v) is 11.2. The lowest BCUT2D eigenvalue weighted by Gasteiger charge is -2.35. The number of hydrogen-bond donors (Lipinski definition) is 3. The van der Waals surface area contributed by atoms with Crippen LogP contribution in [0.2, 0.25) is 0 Å². The molecule has 1 aliphatic heterocycles. The maximum absolute atomic E-state index is 10.4. The van der Waals surface area contributed by atoms with Crippen LogP contribution in [0.25, 0.3) is 0 Å². The SMILES string of the molecule is CC1CCC(O)(CNCC2CCCCN2)CC1. The van der Waals surface area contributed by atoms with Crippen molar-refractivity contribution in [1.82, 2.24) is 10.6 Å². The van der Waals surface area contributed by atoms with Gasteiger partial charge in [0.1, 0.15) is 0 Å². The standard InChI is InChI=1S/C14H28N2O/c1-12-5-7-14(17,8-6-12)11-15-10-13-4-2-3-9-16-13/h12-13,15-17H,2-11H2,1H3. The van der Waals surface area contributed by atoms with Crippen LogP contribution < -0.4 is 10.6 Å².